The van der Waals surface area contributed by atoms with Gasteiger partial charge >= 0.3 is 0 Å². The fourth-order valence-electron chi connectivity index (χ4n) is 2.94. The summed E-state index contributed by atoms with van der Waals surface area (Å²) >= 11 is 4.99. The molecule has 0 aliphatic carbocycles. The molecule has 128 valence electrons. The van der Waals surface area contributed by atoms with Crippen molar-refractivity contribution >= 4 is 64.4 Å². The number of nitrogens with zero attached hydrogens (tertiary/aromatic N) is 2. The smallest absolute Gasteiger partial charge is 0.176 e. The van der Waals surface area contributed by atoms with Crippen LogP contribution in [0.5, 0.6) is 0 Å². The van der Waals surface area contributed by atoms with Gasteiger partial charge in [0.25, 0.3) is 0 Å². The predicted molar refractivity (Wildman–Crippen MR) is 106 cm³/mol. The molecule has 2 aromatic carbocycles. The van der Waals surface area contributed by atoms with Crippen LogP contribution in [0.25, 0.3) is 15.9 Å². The first kappa shape index (κ1) is 16.6. The van der Waals surface area contributed by atoms with Crippen LogP contribution in [0.1, 0.15) is 5.56 Å². The number of sulfone groups is 1. The van der Waals surface area contributed by atoms with Crippen molar-refractivity contribution in [3.63, 3.8) is 0 Å². The summed E-state index contributed by atoms with van der Waals surface area (Å²) in [6.45, 7) is 0.610. The van der Waals surface area contributed by atoms with Crippen molar-refractivity contribution in [2.45, 2.75) is 4.90 Å². The van der Waals surface area contributed by atoms with E-state index in [1.54, 1.807) is 17.4 Å². The molecule has 0 saturated carbocycles. The van der Waals surface area contributed by atoms with E-state index >= 15 is 0 Å². The van der Waals surface area contributed by atoms with Crippen LogP contribution in [-0.2, 0) is 9.84 Å². The van der Waals surface area contributed by atoms with Crippen LogP contribution in [0.3, 0.4) is 0 Å². The second-order valence-corrected chi connectivity index (χ2v) is 9.57. The van der Waals surface area contributed by atoms with Gasteiger partial charge in [-0.15, -0.1) is 11.3 Å². The van der Waals surface area contributed by atoms with Gasteiger partial charge in [0.05, 0.1) is 26.3 Å². The number of nitrogens with two attached hydrogens (primary N) is 1. The molecule has 25 heavy (non-hydrogen) atoms. The van der Waals surface area contributed by atoms with Gasteiger partial charge in [-0.1, -0.05) is 0 Å². The maximum absolute atomic E-state index is 12.0. The molecule has 8 heteroatoms. The predicted octanol–water partition coefficient (Wildman–Crippen LogP) is 3.91. The lowest BCUT2D eigenvalue weighted by atomic mass is 10.0. The van der Waals surface area contributed by atoms with Crippen LogP contribution in [0.15, 0.2) is 51.3 Å². The van der Waals surface area contributed by atoms with Crippen LogP contribution >= 0.6 is 27.3 Å². The Morgan fingerprint density at radius 3 is 2.84 bits per heavy atom. The Balaban J connectivity index is 1.90. The molecule has 2 N–H and O–H groups in total. The molecular formula is C17H14BrN3O2S2. The lowest BCUT2D eigenvalue weighted by Gasteiger charge is -2.30. The molecule has 4 rings (SSSR count). The Morgan fingerprint density at radius 1 is 1.28 bits per heavy atom. The number of halogens is 1. The SMILES string of the molecule is CS(=O)(=O)c1cc2c(cc1Br)N(c1ccc3scnc3c1)CC=C2N. The average Bonchev–Trinajstić information content (AvgIpc) is 3.01. The number of hydrogen-bond donors (Lipinski definition) is 1. The summed E-state index contributed by atoms with van der Waals surface area (Å²) in [6, 6.07) is 9.57. The van der Waals surface area contributed by atoms with Crippen LogP contribution in [-0.4, -0.2) is 26.2 Å². The van der Waals surface area contributed by atoms with Gasteiger partial charge in [-0.3, -0.25) is 0 Å². The Hall–Kier alpha value is -1.90. The summed E-state index contributed by atoms with van der Waals surface area (Å²) < 4.78 is 25.7. The first-order valence-corrected chi connectivity index (χ1v) is 11.0. The van der Waals surface area contributed by atoms with Crippen LogP contribution in [0, 0.1) is 0 Å². The maximum atomic E-state index is 12.0. The molecular weight excluding hydrogens is 422 g/mol. The van der Waals surface area contributed by atoms with Crippen molar-refractivity contribution in [1.29, 1.82) is 0 Å². The summed E-state index contributed by atoms with van der Waals surface area (Å²) in [7, 11) is -3.35. The molecule has 0 bridgehead atoms. The molecule has 1 aliphatic rings. The summed E-state index contributed by atoms with van der Waals surface area (Å²) in [5.41, 5.74) is 12.1. The zero-order valence-corrected chi connectivity index (χ0v) is 16.5. The number of benzene rings is 2. The largest absolute Gasteiger partial charge is 0.398 e. The van der Waals surface area contributed by atoms with Gasteiger partial charge in [-0.2, -0.15) is 0 Å². The van der Waals surface area contributed by atoms with E-state index in [1.165, 1.54) is 6.26 Å². The zero-order chi connectivity index (χ0) is 17.8. The minimum atomic E-state index is -3.35. The highest BCUT2D eigenvalue weighted by Crippen LogP contribution is 2.40. The molecule has 0 atom stereocenters. The van der Waals surface area contributed by atoms with Gasteiger partial charge in [0.2, 0.25) is 0 Å². The van der Waals surface area contributed by atoms with Crippen molar-refractivity contribution in [3.05, 3.63) is 52.0 Å². The first-order valence-electron chi connectivity index (χ1n) is 7.45. The molecule has 1 aliphatic heterocycles. The van der Waals surface area contributed by atoms with E-state index < -0.39 is 9.84 Å². The molecule has 0 spiro atoms. The molecule has 0 fully saturated rings. The highest BCUT2D eigenvalue weighted by Gasteiger charge is 2.23. The number of rotatable bonds is 2. The Labute approximate surface area is 157 Å². The summed E-state index contributed by atoms with van der Waals surface area (Å²) in [5, 5.41) is 0. The number of hydrogen-bond acceptors (Lipinski definition) is 6. The van der Waals surface area contributed by atoms with Gasteiger partial charge in [0, 0.05) is 34.2 Å². The van der Waals surface area contributed by atoms with Crippen LogP contribution in [0.2, 0.25) is 0 Å². The van der Waals surface area contributed by atoms with Gasteiger partial charge in [0.1, 0.15) is 0 Å². The number of aromatic nitrogens is 1. The van der Waals surface area contributed by atoms with Crippen molar-refractivity contribution in [3.8, 4) is 0 Å². The molecule has 5 nitrogen and oxygen atoms in total. The van der Waals surface area contributed by atoms with E-state index in [0.29, 0.717) is 22.3 Å². The Morgan fingerprint density at radius 2 is 2.08 bits per heavy atom. The monoisotopic (exact) mass is 435 g/mol. The van der Waals surface area contributed by atoms with Crippen molar-refractivity contribution < 1.29 is 8.42 Å². The van der Waals surface area contributed by atoms with Crippen LogP contribution < -0.4 is 10.6 Å². The molecule has 1 aromatic heterocycles. The Bertz CT molecular complexity index is 1140. The van der Waals surface area contributed by atoms with E-state index in [9.17, 15) is 8.42 Å². The number of fused-ring (bicyclic) bond motifs is 2. The second kappa shape index (κ2) is 5.82. The third-order valence-electron chi connectivity index (χ3n) is 4.17. The molecule has 0 unspecified atom stereocenters. The number of thiazole rings is 1. The number of anilines is 2. The van der Waals surface area contributed by atoms with Crippen LogP contribution in [0.4, 0.5) is 11.4 Å². The Kier molecular flexibility index (Phi) is 3.86. The molecule has 0 amide bonds. The highest BCUT2D eigenvalue weighted by atomic mass is 79.9. The van der Waals surface area contributed by atoms with E-state index in [-0.39, 0.29) is 4.90 Å². The summed E-state index contributed by atoms with van der Waals surface area (Å²) in [4.78, 5) is 6.71. The molecule has 2 heterocycles. The van der Waals surface area contributed by atoms with E-state index in [2.05, 4.69) is 25.8 Å². The van der Waals surface area contributed by atoms with Gasteiger partial charge in [-0.05, 0) is 52.3 Å². The molecule has 3 aromatic rings. The molecule has 0 saturated heterocycles. The van der Waals surface area contributed by atoms with Crippen molar-refractivity contribution in [2.75, 3.05) is 17.7 Å². The first-order chi connectivity index (χ1) is 11.8. The lowest BCUT2D eigenvalue weighted by Crippen LogP contribution is -2.24. The fourth-order valence-corrected chi connectivity index (χ4v) is 5.56. The minimum absolute atomic E-state index is 0.236. The maximum Gasteiger partial charge on any atom is 0.176 e. The fraction of sp³-hybridized carbons (Fsp3) is 0.118. The van der Waals surface area contributed by atoms with Gasteiger partial charge in [-0.25, -0.2) is 13.4 Å². The summed E-state index contributed by atoms with van der Waals surface area (Å²) in [5.74, 6) is 0. The van der Waals surface area contributed by atoms with Gasteiger partial charge in [0.15, 0.2) is 9.84 Å². The molecule has 0 radical (unpaired) electrons. The summed E-state index contributed by atoms with van der Waals surface area (Å²) in [6.07, 6.45) is 3.09. The average molecular weight is 436 g/mol. The van der Waals surface area contributed by atoms with E-state index in [0.717, 1.165) is 21.6 Å². The van der Waals surface area contributed by atoms with E-state index in [4.69, 9.17) is 5.73 Å². The zero-order valence-electron chi connectivity index (χ0n) is 13.2. The second-order valence-electron chi connectivity index (χ2n) is 5.85. The minimum Gasteiger partial charge on any atom is -0.398 e. The van der Waals surface area contributed by atoms with Gasteiger partial charge < -0.3 is 10.6 Å². The topological polar surface area (TPSA) is 76.3 Å². The highest BCUT2D eigenvalue weighted by molar-refractivity contribution is 9.10. The van der Waals surface area contributed by atoms with E-state index in [1.807, 2.05) is 35.9 Å². The van der Waals surface area contributed by atoms with Crippen molar-refractivity contribution in [2.24, 2.45) is 5.73 Å². The third-order valence-corrected chi connectivity index (χ3v) is 7.04. The standard InChI is InChI=1S/C17H14BrN3O2S2/c1-25(22,23)17-7-11-13(19)4-5-21(15(11)8-12(17)18)10-2-3-16-14(6-10)20-9-24-16/h2-4,6-9H,5,19H2,1H3. The normalized spacial score (nSPS) is 14.5. The van der Waals surface area contributed by atoms with Crippen molar-refractivity contribution in [1.82, 2.24) is 4.98 Å². The lowest BCUT2D eigenvalue weighted by molar-refractivity contribution is 0.601. The third kappa shape index (κ3) is 2.84. The quantitative estimate of drug-likeness (QED) is 0.659.